The van der Waals surface area contributed by atoms with Crippen molar-refractivity contribution in [2.24, 2.45) is 0 Å². The molecule has 1 saturated heterocycles. The van der Waals surface area contributed by atoms with Crippen LogP contribution < -0.4 is 9.34 Å². The summed E-state index contributed by atoms with van der Waals surface area (Å²) in [7, 11) is 0. The van der Waals surface area contributed by atoms with E-state index >= 15 is 0 Å². The Morgan fingerprint density at radius 1 is 0.720 bits per heavy atom. The summed E-state index contributed by atoms with van der Waals surface area (Å²) in [5.41, 5.74) is 9.40. The van der Waals surface area contributed by atoms with Crippen molar-refractivity contribution in [1.29, 1.82) is 0 Å². The molecule has 1 heterocycles. The van der Waals surface area contributed by atoms with E-state index in [1.807, 2.05) is 0 Å². The summed E-state index contributed by atoms with van der Waals surface area (Å²) in [6.45, 7) is 11.3. The maximum absolute atomic E-state index is 11.4. The Morgan fingerprint density at radius 3 is 1.28 bits per heavy atom. The SMILES string of the molecule is Cc1cc(C)c(N2CCN(c3c(C)cc(C)cc3C)P2(O)=S)c(C)c1. The van der Waals surface area contributed by atoms with Crippen molar-refractivity contribution in [2.45, 2.75) is 41.5 Å². The molecular weight excluding hydrogens is 347 g/mol. The van der Waals surface area contributed by atoms with Crippen molar-refractivity contribution in [3.63, 3.8) is 0 Å². The zero-order valence-corrected chi connectivity index (χ0v) is 17.6. The van der Waals surface area contributed by atoms with E-state index in [4.69, 9.17) is 11.8 Å². The Balaban J connectivity index is 2.09. The number of hydrogen-bond acceptors (Lipinski definition) is 1. The molecule has 0 saturated carbocycles. The standard InChI is InChI=1S/C20H27N2OPS/c1-13-9-15(3)19(16(4)10-13)21-7-8-22(24(21,23)25)20-17(5)11-14(2)12-18(20)6/h9-12H,7-8H2,1-6H3,(H,23,25). The van der Waals surface area contributed by atoms with E-state index in [-0.39, 0.29) is 0 Å². The molecular formula is C20H27N2OPS. The fourth-order valence-corrected chi connectivity index (χ4v) is 7.32. The van der Waals surface area contributed by atoms with E-state index in [2.05, 4.69) is 75.1 Å². The molecule has 2 aromatic rings. The van der Waals surface area contributed by atoms with Gasteiger partial charge < -0.3 is 14.2 Å². The summed E-state index contributed by atoms with van der Waals surface area (Å²) < 4.78 is 4.15. The summed E-state index contributed by atoms with van der Waals surface area (Å²) in [6, 6.07) is 8.68. The number of anilines is 2. The van der Waals surface area contributed by atoms with E-state index in [0.717, 1.165) is 24.5 Å². The summed E-state index contributed by atoms with van der Waals surface area (Å²) in [5.74, 6) is 0. The van der Waals surface area contributed by atoms with Gasteiger partial charge in [0.1, 0.15) is 0 Å². The molecule has 1 aliphatic rings. The molecule has 0 aromatic heterocycles. The van der Waals surface area contributed by atoms with Crippen molar-refractivity contribution in [1.82, 2.24) is 0 Å². The van der Waals surface area contributed by atoms with Crippen LogP contribution in [0.5, 0.6) is 0 Å². The second-order valence-corrected chi connectivity index (χ2v) is 10.7. The highest BCUT2D eigenvalue weighted by atomic mass is 32.5. The van der Waals surface area contributed by atoms with Gasteiger partial charge in [-0.25, -0.2) is 0 Å². The lowest BCUT2D eigenvalue weighted by molar-refractivity contribution is 0.620. The summed E-state index contributed by atoms with van der Waals surface area (Å²) in [4.78, 5) is 11.4. The molecule has 25 heavy (non-hydrogen) atoms. The lowest BCUT2D eigenvalue weighted by atomic mass is 10.0. The first kappa shape index (κ1) is 18.4. The van der Waals surface area contributed by atoms with Crippen LogP contribution in [-0.4, -0.2) is 18.0 Å². The average molecular weight is 374 g/mol. The minimum Gasteiger partial charge on any atom is -0.334 e. The molecule has 5 heteroatoms. The van der Waals surface area contributed by atoms with Crippen LogP contribution in [0, 0.1) is 41.5 Å². The predicted octanol–water partition coefficient (Wildman–Crippen LogP) is 5.08. The number of benzene rings is 2. The van der Waals surface area contributed by atoms with Gasteiger partial charge in [-0.3, -0.25) is 0 Å². The smallest absolute Gasteiger partial charge is 0.251 e. The highest BCUT2D eigenvalue weighted by molar-refractivity contribution is 8.13. The van der Waals surface area contributed by atoms with E-state index in [9.17, 15) is 4.89 Å². The summed E-state index contributed by atoms with van der Waals surface area (Å²) in [6.07, 6.45) is 0. The molecule has 3 nitrogen and oxygen atoms in total. The normalized spacial score (nSPS) is 16.6. The minimum absolute atomic E-state index is 0.755. The van der Waals surface area contributed by atoms with Gasteiger partial charge in [0.05, 0.1) is 0 Å². The second kappa shape index (κ2) is 6.42. The quantitative estimate of drug-likeness (QED) is 0.742. The topological polar surface area (TPSA) is 26.7 Å². The van der Waals surface area contributed by atoms with Crippen LogP contribution in [0.4, 0.5) is 11.4 Å². The lowest BCUT2D eigenvalue weighted by Crippen LogP contribution is -2.20. The third kappa shape index (κ3) is 3.12. The third-order valence-corrected chi connectivity index (χ3v) is 8.18. The molecule has 2 aromatic carbocycles. The molecule has 3 rings (SSSR count). The monoisotopic (exact) mass is 374 g/mol. The van der Waals surface area contributed by atoms with Crippen molar-refractivity contribution in [3.8, 4) is 0 Å². The zero-order chi connectivity index (χ0) is 18.5. The second-order valence-electron chi connectivity index (χ2n) is 7.25. The molecule has 1 N–H and O–H groups in total. The van der Waals surface area contributed by atoms with Crippen molar-refractivity contribution < 1.29 is 4.89 Å². The van der Waals surface area contributed by atoms with Gasteiger partial charge in [0.25, 0.3) is 6.57 Å². The largest absolute Gasteiger partial charge is 0.334 e. The lowest BCUT2D eigenvalue weighted by Gasteiger charge is -2.34. The van der Waals surface area contributed by atoms with Gasteiger partial charge in [0.2, 0.25) is 0 Å². The van der Waals surface area contributed by atoms with Gasteiger partial charge in [-0.15, -0.1) is 0 Å². The molecule has 0 spiro atoms. The van der Waals surface area contributed by atoms with Crippen molar-refractivity contribution in [3.05, 3.63) is 57.6 Å². The highest BCUT2D eigenvalue weighted by Gasteiger charge is 2.40. The van der Waals surface area contributed by atoms with Gasteiger partial charge in [0, 0.05) is 24.5 Å². The molecule has 134 valence electrons. The molecule has 0 bridgehead atoms. The third-order valence-electron chi connectivity index (χ3n) is 4.94. The maximum Gasteiger partial charge on any atom is 0.251 e. The van der Waals surface area contributed by atoms with Crippen LogP contribution in [0.3, 0.4) is 0 Å². The van der Waals surface area contributed by atoms with Crippen LogP contribution in [-0.2, 0) is 11.8 Å². The molecule has 0 radical (unpaired) electrons. The van der Waals surface area contributed by atoms with E-state index in [0.29, 0.717) is 0 Å². The van der Waals surface area contributed by atoms with Crippen LogP contribution in [0.25, 0.3) is 0 Å². The van der Waals surface area contributed by atoms with Crippen LogP contribution >= 0.6 is 6.57 Å². The fourth-order valence-electron chi connectivity index (χ4n) is 4.22. The van der Waals surface area contributed by atoms with Crippen molar-refractivity contribution in [2.75, 3.05) is 22.4 Å². The first-order valence-electron chi connectivity index (χ1n) is 8.67. The van der Waals surface area contributed by atoms with Gasteiger partial charge in [-0.2, -0.15) is 0 Å². The Labute approximate surface area is 156 Å². The van der Waals surface area contributed by atoms with Gasteiger partial charge in [-0.1, -0.05) is 35.4 Å². The molecule has 0 unspecified atom stereocenters. The van der Waals surface area contributed by atoms with E-state index in [1.54, 1.807) is 0 Å². The molecule has 1 fully saturated rings. The van der Waals surface area contributed by atoms with Crippen molar-refractivity contribution >= 4 is 29.7 Å². The number of nitrogens with zero attached hydrogens (tertiary/aromatic N) is 2. The van der Waals surface area contributed by atoms with Gasteiger partial charge in [0.15, 0.2) is 0 Å². The van der Waals surface area contributed by atoms with Crippen LogP contribution in [0.1, 0.15) is 33.4 Å². The minimum atomic E-state index is -2.85. The van der Waals surface area contributed by atoms with E-state index < -0.39 is 6.57 Å². The average Bonchev–Trinajstić information content (AvgIpc) is 2.73. The Morgan fingerprint density at radius 2 is 1.00 bits per heavy atom. The zero-order valence-electron chi connectivity index (χ0n) is 15.9. The Bertz CT molecular complexity index is 778. The number of hydrogen-bond donors (Lipinski definition) is 1. The Kier molecular flexibility index (Phi) is 4.74. The van der Waals surface area contributed by atoms with Crippen LogP contribution in [0.2, 0.25) is 0 Å². The molecule has 0 atom stereocenters. The molecule has 0 aliphatic carbocycles. The van der Waals surface area contributed by atoms with E-state index in [1.165, 1.54) is 33.4 Å². The first-order chi connectivity index (χ1) is 11.6. The summed E-state index contributed by atoms with van der Waals surface area (Å²) >= 11 is 5.84. The fraction of sp³-hybridized carbons (Fsp3) is 0.400. The molecule has 1 aliphatic heterocycles. The predicted molar refractivity (Wildman–Crippen MR) is 113 cm³/mol. The molecule has 0 amide bonds. The number of aryl methyl sites for hydroxylation is 6. The Hall–Kier alpha value is -1.35. The first-order valence-corrected chi connectivity index (χ1v) is 11.3. The number of rotatable bonds is 2. The summed E-state index contributed by atoms with van der Waals surface area (Å²) in [5, 5.41) is 0. The van der Waals surface area contributed by atoms with Gasteiger partial charge in [-0.05, 0) is 75.6 Å². The highest BCUT2D eigenvalue weighted by Crippen LogP contribution is 2.59. The van der Waals surface area contributed by atoms with Gasteiger partial charge >= 0.3 is 0 Å². The van der Waals surface area contributed by atoms with Crippen LogP contribution in [0.15, 0.2) is 24.3 Å². The maximum atomic E-state index is 11.4.